The molecule has 0 N–H and O–H groups in total. The average molecular weight is 830 g/mol. The Morgan fingerprint density at radius 2 is 0.400 bits per heavy atom. The minimum Gasteiger partial charge on any atom is 0 e. The largest absolute Gasteiger partial charge is 0 e. The first-order valence-electron chi connectivity index (χ1n) is 0. The molecule has 0 rings (SSSR count). The molecule has 0 fully saturated rings. The van der Waals surface area contributed by atoms with E-state index in [1.165, 1.54) is 0 Å². The first kappa shape index (κ1) is 30.0. The van der Waals surface area contributed by atoms with Crippen LogP contribution in [0.25, 0.3) is 0 Å². The summed E-state index contributed by atoms with van der Waals surface area (Å²) in [5, 5.41) is 0. The third-order valence-corrected chi connectivity index (χ3v) is 0. The van der Waals surface area contributed by atoms with Crippen molar-refractivity contribution in [1.29, 1.82) is 0 Å². The summed E-state index contributed by atoms with van der Waals surface area (Å²) in [4.78, 5) is 0. The van der Waals surface area contributed by atoms with Crippen LogP contribution in [0, 0.1) is 0 Å². The van der Waals surface area contributed by atoms with Gasteiger partial charge >= 0.3 is 0 Å². The maximum Gasteiger partial charge on any atom is 0 e. The first-order valence-corrected chi connectivity index (χ1v) is 0. The molecule has 0 aliphatic carbocycles. The van der Waals surface area contributed by atoms with Crippen molar-refractivity contribution < 1.29 is 0 Å². The van der Waals surface area contributed by atoms with Gasteiger partial charge in [-0.1, -0.05) is 0 Å². The Kier molecular flexibility index (Phi) is 135. The summed E-state index contributed by atoms with van der Waals surface area (Å²) in [5.74, 6) is 0. The second kappa shape index (κ2) is 22.4. The Morgan fingerprint density at radius 1 is 0.400 bits per heavy atom. The van der Waals surface area contributed by atoms with Crippen LogP contribution in [0.4, 0.5) is 0 Å². The van der Waals surface area contributed by atoms with E-state index in [0.717, 1.165) is 0 Å². The molecule has 0 aliphatic heterocycles. The van der Waals surface area contributed by atoms with E-state index in [9.17, 15) is 0 Å². The molecule has 16 valence electrons. The normalized spacial score (nSPS) is 0. The maximum absolute atomic E-state index is 0. The van der Waals surface area contributed by atoms with Crippen molar-refractivity contribution in [1.82, 2.24) is 0 Å². The van der Waals surface area contributed by atoms with Gasteiger partial charge in [0.05, 0.1) is 0 Å². The monoisotopic (exact) mass is 832 g/mol. The molecule has 0 amide bonds. The van der Waals surface area contributed by atoms with Gasteiger partial charge in [0, 0.05) is 199 Å². The minimum atomic E-state index is 0. The predicted octanol–water partition coefficient (Wildman–Crippen LogP) is -1.90. The van der Waals surface area contributed by atoms with E-state index < -0.39 is 0 Å². The molecule has 0 aromatic carbocycles. The minimum absolute atomic E-state index is 0. The van der Waals surface area contributed by atoms with Crippen LogP contribution in [0.2, 0.25) is 0 Å². The van der Waals surface area contributed by atoms with Crippen molar-refractivity contribution in [2.24, 2.45) is 0 Å². The number of hydrogen-bond acceptors (Lipinski definition) is 0. The standard InChI is InChI=1S/3Ba.2Bi. The smallest absolute Gasteiger partial charge is 0 e. The van der Waals surface area contributed by atoms with E-state index in [-0.39, 0.29) is 199 Å². The van der Waals surface area contributed by atoms with Crippen molar-refractivity contribution in [3.05, 3.63) is 0 Å². The van der Waals surface area contributed by atoms with Crippen LogP contribution in [0.15, 0.2) is 0 Å². The van der Waals surface area contributed by atoms with E-state index in [1.54, 1.807) is 0 Å². The van der Waals surface area contributed by atoms with Crippen molar-refractivity contribution in [2.45, 2.75) is 0 Å². The summed E-state index contributed by atoms with van der Waals surface area (Å²) in [5.41, 5.74) is 0. The second-order valence-electron chi connectivity index (χ2n) is 0. The summed E-state index contributed by atoms with van der Waals surface area (Å²) < 4.78 is 0. The summed E-state index contributed by atoms with van der Waals surface area (Å²) in [6.45, 7) is 0. The summed E-state index contributed by atoms with van der Waals surface area (Å²) >= 11 is 0. The van der Waals surface area contributed by atoms with E-state index in [0.29, 0.717) is 0 Å². The Balaban J connectivity index is 0. The molecular formula is Ba3Bi2. The first-order chi connectivity index (χ1) is 0. The maximum atomic E-state index is 0. The molecular weight excluding hydrogens is 830 g/mol. The summed E-state index contributed by atoms with van der Waals surface area (Å²) in [7, 11) is 0. The van der Waals surface area contributed by atoms with Gasteiger partial charge < -0.3 is 0 Å². The Bertz CT molecular complexity index is 4.85. The van der Waals surface area contributed by atoms with E-state index in [2.05, 4.69) is 0 Å². The molecule has 0 spiro atoms. The quantitative estimate of drug-likeness (QED) is 0.251. The second-order valence-corrected chi connectivity index (χ2v) is 0. The zero-order chi connectivity index (χ0) is 0. The van der Waals surface area contributed by atoms with Crippen molar-refractivity contribution >= 4 is 199 Å². The zero-order valence-electron chi connectivity index (χ0n) is 3.02. The molecule has 0 bridgehead atoms. The van der Waals surface area contributed by atoms with E-state index in [1.807, 2.05) is 0 Å². The van der Waals surface area contributed by atoms with Crippen LogP contribution in [-0.4, -0.2) is 199 Å². The molecule has 5 heavy (non-hydrogen) atoms. The molecule has 0 saturated carbocycles. The average Bonchev–Trinajstić information content (AvgIpc) is 0. The SMILES string of the molecule is [Ba].[Ba].[Ba].[Bi].[Bi]. The van der Waals surface area contributed by atoms with Gasteiger partial charge in [-0.2, -0.15) is 0 Å². The Hall–Kier alpha value is 6.48. The van der Waals surface area contributed by atoms with Gasteiger partial charge in [-0.25, -0.2) is 0 Å². The van der Waals surface area contributed by atoms with Crippen LogP contribution in [0.1, 0.15) is 0 Å². The molecule has 5 heteroatoms. The molecule has 0 atom stereocenters. The predicted molar refractivity (Wildman–Crippen MR) is 28.8 cm³/mol. The van der Waals surface area contributed by atoms with Crippen LogP contribution in [-0.2, 0) is 0 Å². The Morgan fingerprint density at radius 3 is 0.400 bits per heavy atom. The molecule has 12 radical (unpaired) electrons. The van der Waals surface area contributed by atoms with Gasteiger partial charge in [-0.15, -0.1) is 0 Å². The molecule has 0 heterocycles. The Labute approximate surface area is 192 Å². The van der Waals surface area contributed by atoms with Crippen LogP contribution in [0.5, 0.6) is 0 Å². The fraction of sp³-hybridized carbons (Fsp3) is 0. The fourth-order valence-electron chi connectivity index (χ4n) is 0. The topological polar surface area (TPSA) is 0 Å². The molecule has 0 saturated heterocycles. The zero-order valence-corrected chi connectivity index (χ0v) is 23.3. The molecule has 0 aromatic heterocycles. The fourth-order valence-corrected chi connectivity index (χ4v) is 0. The van der Waals surface area contributed by atoms with Gasteiger partial charge in [-0.05, 0) is 0 Å². The van der Waals surface area contributed by atoms with Crippen LogP contribution >= 0.6 is 0 Å². The third-order valence-electron chi connectivity index (χ3n) is 0. The molecule has 0 aliphatic rings. The number of hydrogen-bond donors (Lipinski definition) is 0. The van der Waals surface area contributed by atoms with Crippen LogP contribution < -0.4 is 0 Å². The van der Waals surface area contributed by atoms with Gasteiger partial charge in [-0.3, -0.25) is 0 Å². The van der Waals surface area contributed by atoms with E-state index >= 15 is 0 Å². The molecule has 0 unspecified atom stereocenters. The van der Waals surface area contributed by atoms with Gasteiger partial charge in [0.25, 0.3) is 0 Å². The van der Waals surface area contributed by atoms with Crippen molar-refractivity contribution in [2.75, 3.05) is 0 Å². The summed E-state index contributed by atoms with van der Waals surface area (Å²) in [6.07, 6.45) is 0. The number of rotatable bonds is 0. The third kappa shape index (κ3) is 17.9. The van der Waals surface area contributed by atoms with Gasteiger partial charge in [0.15, 0.2) is 0 Å². The molecule has 0 aromatic rings. The van der Waals surface area contributed by atoms with Crippen molar-refractivity contribution in [3.8, 4) is 0 Å². The van der Waals surface area contributed by atoms with Crippen molar-refractivity contribution in [3.63, 3.8) is 0 Å². The van der Waals surface area contributed by atoms with E-state index in [4.69, 9.17) is 0 Å². The van der Waals surface area contributed by atoms with Gasteiger partial charge in [0.2, 0.25) is 0 Å². The van der Waals surface area contributed by atoms with Crippen LogP contribution in [0.3, 0.4) is 0 Å². The molecule has 0 nitrogen and oxygen atoms in total. The summed E-state index contributed by atoms with van der Waals surface area (Å²) in [6, 6.07) is 0. The van der Waals surface area contributed by atoms with Gasteiger partial charge in [0.1, 0.15) is 0 Å².